The van der Waals surface area contributed by atoms with Gasteiger partial charge in [-0.15, -0.1) is 0 Å². The molecule has 0 spiro atoms. The van der Waals surface area contributed by atoms with E-state index in [-0.39, 0.29) is 0 Å². The molecule has 0 saturated carbocycles. The summed E-state index contributed by atoms with van der Waals surface area (Å²) >= 11 is 5.65. The summed E-state index contributed by atoms with van der Waals surface area (Å²) in [5, 5.41) is 0.293. The number of hydrazine groups is 1. The molecular weight excluding hydrogens is 304 g/mol. The Morgan fingerprint density at radius 2 is 1.73 bits per heavy atom. The van der Waals surface area contributed by atoms with Crippen LogP contribution in [-0.4, -0.2) is 30.9 Å². The van der Waals surface area contributed by atoms with Gasteiger partial charge in [0.25, 0.3) is 11.8 Å². The third-order valence-electron chi connectivity index (χ3n) is 2.90. The normalized spacial score (nSPS) is 9.95. The largest absolute Gasteiger partial charge is 0.378 e. The molecule has 0 bridgehead atoms. The van der Waals surface area contributed by atoms with Crippen LogP contribution < -0.4 is 15.8 Å². The van der Waals surface area contributed by atoms with Gasteiger partial charge in [0.2, 0.25) is 0 Å². The minimum absolute atomic E-state index is 0.293. The number of nitrogens with one attached hydrogen (secondary N) is 2. The zero-order valence-corrected chi connectivity index (χ0v) is 12.9. The molecule has 0 aliphatic heterocycles. The smallest absolute Gasteiger partial charge is 0.271 e. The molecule has 0 radical (unpaired) electrons. The highest BCUT2D eigenvalue weighted by Gasteiger charge is 2.10. The lowest BCUT2D eigenvalue weighted by Crippen LogP contribution is -2.41. The molecule has 2 rings (SSSR count). The minimum atomic E-state index is -0.471. The van der Waals surface area contributed by atoms with Gasteiger partial charge in [-0.2, -0.15) is 0 Å². The molecule has 6 nitrogen and oxygen atoms in total. The molecule has 0 aliphatic carbocycles. The number of halogens is 1. The van der Waals surface area contributed by atoms with Crippen LogP contribution in [0, 0.1) is 0 Å². The number of hydrogen-bond donors (Lipinski definition) is 2. The Hall–Kier alpha value is -2.60. The van der Waals surface area contributed by atoms with Gasteiger partial charge in [0.05, 0.1) is 5.56 Å². The second-order valence-corrected chi connectivity index (χ2v) is 5.11. The first kappa shape index (κ1) is 15.8. The molecule has 0 saturated heterocycles. The SMILES string of the molecule is CN(C)c1cccc(C(=O)NNC(=O)c2ccc(Cl)nc2)c1. The van der Waals surface area contributed by atoms with Crippen LogP contribution in [0.25, 0.3) is 0 Å². The van der Waals surface area contributed by atoms with Crippen LogP contribution in [0.3, 0.4) is 0 Å². The molecule has 7 heteroatoms. The predicted octanol–water partition coefficient (Wildman–Crippen LogP) is 1.88. The average Bonchev–Trinajstić information content (AvgIpc) is 2.53. The Balaban J connectivity index is 1.99. The summed E-state index contributed by atoms with van der Waals surface area (Å²) in [7, 11) is 3.76. The van der Waals surface area contributed by atoms with E-state index >= 15 is 0 Å². The molecule has 2 N–H and O–H groups in total. The molecule has 2 amide bonds. The van der Waals surface area contributed by atoms with Crippen LogP contribution >= 0.6 is 11.6 Å². The van der Waals surface area contributed by atoms with Crippen molar-refractivity contribution in [1.29, 1.82) is 0 Å². The Labute approximate surface area is 133 Å². The van der Waals surface area contributed by atoms with Crippen LogP contribution in [-0.2, 0) is 0 Å². The van der Waals surface area contributed by atoms with Gasteiger partial charge in [0, 0.05) is 31.5 Å². The van der Waals surface area contributed by atoms with Gasteiger partial charge in [-0.05, 0) is 30.3 Å². The van der Waals surface area contributed by atoms with E-state index in [0.29, 0.717) is 16.3 Å². The lowest BCUT2D eigenvalue weighted by atomic mass is 10.2. The van der Waals surface area contributed by atoms with Crippen molar-refractivity contribution >= 4 is 29.1 Å². The van der Waals surface area contributed by atoms with Gasteiger partial charge in [0.15, 0.2) is 0 Å². The van der Waals surface area contributed by atoms with Crippen LogP contribution in [0.5, 0.6) is 0 Å². The van der Waals surface area contributed by atoms with E-state index in [9.17, 15) is 9.59 Å². The van der Waals surface area contributed by atoms with E-state index in [1.165, 1.54) is 18.3 Å². The molecule has 1 aromatic heterocycles. The molecule has 0 fully saturated rings. The molecule has 114 valence electrons. The molecule has 22 heavy (non-hydrogen) atoms. The maximum atomic E-state index is 12.0. The third kappa shape index (κ3) is 3.95. The molecule has 2 aromatic rings. The van der Waals surface area contributed by atoms with Crippen molar-refractivity contribution in [3.05, 3.63) is 58.9 Å². The van der Waals surface area contributed by atoms with E-state index in [1.807, 2.05) is 25.1 Å². The second-order valence-electron chi connectivity index (χ2n) is 4.72. The molecule has 0 unspecified atom stereocenters. The van der Waals surface area contributed by atoms with Crippen LogP contribution in [0.4, 0.5) is 5.69 Å². The van der Waals surface area contributed by atoms with Crippen LogP contribution in [0.15, 0.2) is 42.6 Å². The summed E-state index contributed by atoms with van der Waals surface area (Å²) in [6.45, 7) is 0. The first-order valence-corrected chi connectivity index (χ1v) is 6.85. The van der Waals surface area contributed by atoms with Crippen molar-refractivity contribution < 1.29 is 9.59 Å². The topological polar surface area (TPSA) is 74.3 Å². The third-order valence-corrected chi connectivity index (χ3v) is 3.13. The Kier molecular flexibility index (Phi) is 4.95. The number of carbonyl (C=O) groups excluding carboxylic acids is 2. The van der Waals surface area contributed by atoms with E-state index in [2.05, 4.69) is 15.8 Å². The van der Waals surface area contributed by atoms with Gasteiger partial charge in [-0.1, -0.05) is 17.7 Å². The zero-order valence-electron chi connectivity index (χ0n) is 12.1. The Bertz CT molecular complexity index is 686. The zero-order chi connectivity index (χ0) is 16.1. The summed E-state index contributed by atoms with van der Waals surface area (Å²) in [4.78, 5) is 29.6. The van der Waals surface area contributed by atoms with Gasteiger partial charge in [0.1, 0.15) is 5.15 Å². The number of benzene rings is 1. The van der Waals surface area contributed by atoms with Gasteiger partial charge >= 0.3 is 0 Å². The highest BCUT2D eigenvalue weighted by atomic mass is 35.5. The van der Waals surface area contributed by atoms with E-state index in [0.717, 1.165) is 5.69 Å². The first-order valence-electron chi connectivity index (χ1n) is 6.47. The number of anilines is 1. The fourth-order valence-electron chi connectivity index (χ4n) is 1.69. The summed E-state index contributed by atoms with van der Waals surface area (Å²) < 4.78 is 0. The van der Waals surface area contributed by atoms with E-state index in [4.69, 9.17) is 11.6 Å². The van der Waals surface area contributed by atoms with Gasteiger partial charge in [-0.3, -0.25) is 20.4 Å². The first-order chi connectivity index (χ1) is 10.5. The Morgan fingerprint density at radius 3 is 2.32 bits per heavy atom. The molecule has 1 aromatic carbocycles. The van der Waals surface area contributed by atoms with E-state index < -0.39 is 11.8 Å². The quantitative estimate of drug-likeness (QED) is 0.669. The average molecular weight is 319 g/mol. The van der Waals surface area contributed by atoms with Crippen LogP contribution in [0.1, 0.15) is 20.7 Å². The number of rotatable bonds is 3. The second kappa shape index (κ2) is 6.91. The number of nitrogens with zero attached hydrogens (tertiary/aromatic N) is 2. The van der Waals surface area contributed by atoms with Crippen molar-refractivity contribution in [2.75, 3.05) is 19.0 Å². The number of amides is 2. The minimum Gasteiger partial charge on any atom is -0.378 e. The number of carbonyl (C=O) groups is 2. The summed E-state index contributed by atoms with van der Waals surface area (Å²) in [5.74, 6) is -0.875. The maximum absolute atomic E-state index is 12.0. The summed E-state index contributed by atoms with van der Waals surface area (Å²) in [6.07, 6.45) is 1.33. The number of pyridine rings is 1. The fourth-order valence-corrected chi connectivity index (χ4v) is 1.81. The highest BCUT2D eigenvalue weighted by Crippen LogP contribution is 2.13. The van der Waals surface area contributed by atoms with Crippen molar-refractivity contribution in [1.82, 2.24) is 15.8 Å². The summed E-state index contributed by atoms with van der Waals surface area (Å²) in [5.41, 5.74) is 6.32. The molecular formula is C15H15ClN4O2. The van der Waals surface area contributed by atoms with Crippen molar-refractivity contribution in [2.45, 2.75) is 0 Å². The Morgan fingerprint density at radius 1 is 1.05 bits per heavy atom. The van der Waals surface area contributed by atoms with Gasteiger partial charge in [-0.25, -0.2) is 4.98 Å². The maximum Gasteiger partial charge on any atom is 0.271 e. The van der Waals surface area contributed by atoms with Crippen molar-refractivity contribution in [3.8, 4) is 0 Å². The highest BCUT2D eigenvalue weighted by molar-refractivity contribution is 6.29. The monoisotopic (exact) mass is 318 g/mol. The number of hydrogen-bond acceptors (Lipinski definition) is 4. The molecule has 0 aliphatic rings. The summed E-state index contributed by atoms with van der Waals surface area (Å²) in [6, 6.07) is 10.1. The van der Waals surface area contributed by atoms with Crippen LogP contribution in [0.2, 0.25) is 5.15 Å². The fraction of sp³-hybridized carbons (Fsp3) is 0.133. The molecule has 0 atom stereocenters. The van der Waals surface area contributed by atoms with Crippen molar-refractivity contribution in [2.24, 2.45) is 0 Å². The lowest BCUT2D eigenvalue weighted by molar-refractivity contribution is 0.0846. The van der Waals surface area contributed by atoms with Gasteiger partial charge < -0.3 is 4.90 Å². The lowest BCUT2D eigenvalue weighted by Gasteiger charge is -2.13. The van der Waals surface area contributed by atoms with Crippen molar-refractivity contribution in [3.63, 3.8) is 0 Å². The predicted molar refractivity (Wildman–Crippen MR) is 84.9 cm³/mol. The van der Waals surface area contributed by atoms with E-state index in [1.54, 1.807) is 18.2 Å². The number of aromatic nitrogens is 1. The molecule has 1 heterocycles. The standard InChI is InChI=1S/C15H15ClN4O2/c1-20(2)12-5-3-4-10(8-12)14(21)18-19-15(22)11-6-7-13(16)17-9-11/h3-9H,1-2H3,(H,18,21)(H,19,22).